The lowest BCUT2D eigenvalue weighted by Gasteiger charge is -2.23. The van der Waals surface area contributed by atoms with Gasteiger partial charge in [-0.15, -0.1) is 0 Å². The molecular weight excluding hydrogens is 344 g/mol. The van der Waals surface area contributed by atoms with Gasteiger partial charge in [-0.1, -0.05) is 36.7 Å². The van der Waals surface area contributed by atoms with Crippen molar-refractivity contribution in [3.05, 3.63) is 68.8 Å². The number of aromatic nitrogens is 2. The van der Waals surface area contributed by atoms with Crippen LogP contribution in [0.3, 0.4) is 0 Å². The number of halogens is 1. The van der Waals surface area contributed by atoms with Gasteiger partial charge < -0.3 is 0 Å². The molecule has 3 nitrogen and oxygen atoms in total. The van der Waals surface area contributed by atoms with Crippen LogP contribution in [-0.4, -0.2) is 15.8 Å². The number of ketones is 1. The predicted octanol–water partition coefficient (Wildman–Crippen LogP) is 5.52. The van der Waals surface area contributed by atoms with E-state index in [-0.39, 0.29) is 5.78 Å². The third-order valence-corrected chi connectivity index (χ3v) is 5.13. The number of hydrogen-bond acceptors (Lipinski definition) is 3. The third-order valence-electron chi connectivity index (χ3n) is 4.78. The van der Waals surface area contributed by atoms with Crippen LogP contribution in [0.1, 0.15) is 48.1 Å². The smallest absolute Gasteiger partial charge is 0.185 e. The fourth-order valence-corrected chi connectivity index (χ4v) is 3.47. The van der Waals surface area contributed by atoms with Gasteiger partial charge in [0.1, 0.15) is 0 Å². The molecule has 134 valence electrons. The number of aryl methyl sites for hydroxylation is 3. The lowest BCUT2D eigenvalue weighted by molar-refractivity contribution is -0.113. The Morgan fingerprint density at radius 3 is 2.27 bits per heavy atom. The second kappa shape index (κ2) is 7.55. The normalized spacial score (nSPS) is 20.8. The summed E-state index contributed by atoms with van der Waals surface area (Å²) in [4.78, 5) is 22.2. The zero-order valence-electron chi connectivity index (χ0n) is 15.6. The van der Waals surface area contributed by atoms with Crippen molar-refractivity contribution < 1.29 is 4.79 Å². The highest BCUT2D eigenvalue weighted by Gasteiger charge is 2.26. The Bertz CT molecular complexity index is 928. The van der Waals surface area contributed by atoms with Crippen LogP contribution < -0.4 is 0 Å². The molecule has 0 amide bonds. The van der Waals surface area contributed by atoms with E-state index >= 15 is 0 Å². The van der Waals surface area contributed by atoms with Gasteiger partial charge in [0.25, 0.3) is 0 Å². The number of carbonyl (C=O) groups excluding carboxylic acids is 1. The van der Waals surface area contributed by atoms with Crippen LogP contribution in [0.5, 0.6) is 0 Å². The van der Waals surface area contributed by atoms with Crippen LogP contribution in [0, 0.1) is 26.7 Å². The van der Waals surface area contributed by atoms with Crippen molar-refractivity contribution in [2.24, 2.45) is 5.92 Å². The molecule has 0 bridgehead atoms. The standard InChI is InChI=1S/C22H23ClN2O/c1-13-9-18(11-17-7-5-6-8-20(17)23)22(26)19(10-13)12-21-16(4)24-14(2)15(3)25-21/h5-8,11-13H,9-10H2,1-4H3/b18-11+,19-12+. The molecule has 1 fully saturated rings. The van der Waals surface area contributed by atoms with Crippen LogP contribution >= 0.6 is 11.6 Å². The average Bonchev–Trinajstić information content (AvgIpc) is 2.58. The Balaban J connectivity index is 2.00. The molecule has 1 atom stereocenters. The van der Waals surface area contributed by atoms with E-state index in [0.717, 1.165) is 52.3 Å². The molecule has 1 aromatic heterocycles. The minimum absolute atomic E-state index is 0.0856. The maximum Gasteiger partial charge on any atom is 0.185 e. The number of hydrogen-bond donors (Lipinski definition) is 0. The number of nitrogens with zero attached hydrogens (tertiary/aromatic N) is 2. The Morgan fingerprint density at radius 1 is 0.962 bits per heavy atom. The molecule has 0 radical (unpaired) electrons. The molecule has 1 aromatic carbocycles. The first kappa shape index (κ1) is 18.5. The van der Waals surface area contributed by atoms with Gasteiger partial charge in [0.2, 0.25) is 0 Å². The topological polar surface area (TPSA) is 42.9 Å². The Morgan fingerprint density at radius 2 is 1.58 bits per heavy atom. The molecule has 1 aliphatic rings. The summed E-state index contributed by atoms with van der Waals surface area (Å²) in [5, 5.41) is 0.660. The number of carbonyl (C=O) groups is 1. The van der Waals surface area contributed by atoms with Gasteiger partial charge in [0.05, 0.1) is 22.8 Å². The van der Waals surface area contributed by atoms with Gasteiger partial charge in [0.15, 0.2) is 5.78 Å². The van der Waals surface area contributed by atoms with E-state index in [4.69, 9.17) is 11.6 Å². The highest BCUT2D eigenvalue weighted by atomic mass is 35.5. The first-order valence-electron chi connectivity index (χ1n) is 8.87. The molecule has 0 aliphatic heterocycles. The maximum atomic E-state index is 13.0. The van der Waals surface area contributed by atoms with Gasteiger partial charge in [0, 0.05) is 16.2 Å². The zero-order valence-corrected chi connectivity index (χ0v) is 16.4. The number of rotatable bonds is 2. The number of allylic oxidation sites excluding steroid dienone is 2. The summed E-state index contributed by atoms with van der Waals surface area (Å²) < 4.78 is 0. The summed E-state index contributed by atoms with van der Waals surface area (Å²) in [6, 6.07) is 7.60. The lowest BCUT2D eigenvalue weighted by Crippen LogP contribution is -2.18. The maximum absolute atomic E-state index is 13.0. The van der Waals surface area contributed by atoms with E-state index in [9.17, 15) is 4.79 Å². The molecule has 0 N–H and O–H groups in total. The molecule has 26 heavy (non-hydrogen) atoms. The van der Waals surface area contributed by atoms with E-state index in [1.807, 2.05) is 57.2 Å². The summed E-state index contributed by atoms with van der Waals surface area (Å²) >= 11 is 6.26. The van der Waals surface area contributed by atoms with Crippen molar-refractivity contribution in [3.63, 3.8) is 0 Å². The van der Waals surface area contributed by atoms with Gasteiger partial charge in [-0.2, -0.15) is 0 Å². The SMILES string of the molecule is Cc1nc(C)c(/C=C2\CC(C)C/C(=C\c3ccccc3Cl)C2=O)nc1C. The predicted molar refractivity (Wildman–Crippen MR) is 107 cm³/mol. The molecule has 1 heterocycles. The largest absolute Gasteiger partial charge is 0.289 e. The zero-order chi connectivity index (χ0) is 18.8. The first-order chi connectivity index (χ1) is 12.3. The fraction of sp³-hybridized carbons (Fsp3) is 0.318. The van der Waals surface area contributed by atoms with Crippen molar-refractivity contribution in [2.75, 3.05) is 0 Å². The molecule has 0 saturated heterocycles. The van der Waals surface area contributed by atoms with Crippen molar-refractivity contribution in [3.8, 4) is 0 Å². The summed E-state index contributed by atoms with van der Waals surface area (Å²) in [5.41, 5.74) is 5.93. The third kappa shape index (κ3) is 3.94. The minimum atomic E-state index is 0.0856. The molecule has 1 aliphatic carbocycles. The van der Waals surface area contributed by atoms with Crippen molar-refractivity contribution >= 4 is 29.5 Å². The Hall–Kier alpha value is -2.26. The van der Waals surface area contributed by atoms with Gasteiger partial charge in [-0.05, 0) is 63.3 Å². The number of benzene rings is 1. The Labute approximate surface area is 159 Å². The number of Topliss-reactive ketones (excluding diaryl/α,β-unsaturated/α-hetero) is 1. The second-order valence-corrected chi connectivity index (χ2v) is 7.48. The highest BCUT2D eigenvalue weighted by molar-refractivity contribution is 6.32. The van der Waals surface area contributed by atoms with Crippen LogP contribution in [0.4, 0.5) is 0 Å². The van der Waals surface area contributed by atoms with Crippen LogP contribution in [0.2, 0.25) is 5.02 Å². The van der Waals surface area contributed by atoms with E-state index in [2.05, 4.69) is 16.9 Å². The van der Waals surface area contributed by atoms with Gasteiger partial charge >= 0.3 is 0 Å². The summed E-state index contributed by atoms with van der Waals surface area (Å²) in [7, 11) is 0. The van der Waals surface area contributed by atoms with Crippen LogP contribution in [0.25, 0.3) is 12.2 Å². The summed E-state index contributed by atoms with van der Waals surface area (Å²) in [5.74, 6) is 0.481. The first-order valence-corrected chi connectivity index (χ1v) is 9.25. The summed E-state index contributed by atoms with van der Waals surface area (Å²) in [6.07, 6.45) is 5.35. The van der Waals surface area contributed by atoms with Crippen LogP contribution in [-0.2, 0) is 4.79 Å². The lowest BCUT2D eigenvalue weighted by atomic mass is 9.81. The van der Waals surface area contributed by atoms with Gasteiger partial charge in [-0.25, -0.2) is 4.98 Å². The molecule has 1 unspecified atom stereocenters. The quantitative estimate of drug-likeness (QED) is 0.657. The molecular formula is C22H23ClN2O. The second-order valence-electron chi connectivity index (χ2n) is 7.07. The average molecular weight is 367 g/mol. The fourth-order valence-electron chi connectivity index (χ4n) is 3.28. The monoisotopic (exact) mass is 366 g/mol. The molecule has 4 heteroatoms. The molecule has 1 saturated carbocycles. The molecule has 0 spiro atoms. The van der Waals surface area contributed by atoms with E-state index < -0.39 is 0 Å². The summed E-state index contributed by atoms with van der Waals surface area (Å²) in [6.45, 7) is 7.99. The van der Waals surface area contributed by atoms with Crippen molar-refractivity contribution in [1.29, 1.82) is 0 Å². The van der Waals surface area contributed by atoms with Crippen molar-refractivity contribution in [1.82, 2.24) is 9.97 Å². The highest BCUT2D eigenvalue weighted by Crippen LogP contribution is 2.33. The van der Waals surface area contributed by atoms with E-state index in [1.54, 1.807) is 0 Å². The minimum Gasteiger partial charge on any atom is -0.289 e. The molecule has 3 rings (SSSR count). The van der Waals surface area contributed by atoms with E-state index in [0.29, 0.717) is 10.9 Å². The van der Waals surface area contributed by atoms with E-state index in [1.165, 1.54) is 0 Å². The van der Waals surface area contributed by atoms with Crippen LogP contribution in [0.15, 0.2) is 35.4 Å². The Kier molecular flexibility index (Phi) is 5.38. The van der Waals surface area contributed by atoms with Crippen molar-refractivity contribution in [2.45, 2.75) is 40.5 Å². The molecule has 2 aromatic rings. The van der Waals surface area contributed by atoms with Gasteiger partial charge in [-0.3, -0.25) is 9.78 Å².